The highest BCUT2D eigenvalue weighted by Crippen LogP contribution is 2.31. The van der Waals surface area contributed by atoms with Crippen molar-refractivity contribution in [1.82, 2.24) is 10.4 Å². The quantitative estimate of drug-likeness (QED) is 0.912. The van der Waals surface area contributed by atoms with Crippen molar-refractivity contribution in [1.29, 1.82) is 0 Å². The van der Waals surface area contributed by atoms with Crippen molar-refractivity contribution in [2.45, 2.75) is 57.7 Å². The molecule has 1 fully saturated rings. The van der Waals surface area contributed by atoms with Gasteiger partial charge in [-0.2, -0.15) is 0 Å². The Bertz CT molecular complexity index is 470. The first-order chi connectivity index (χ1) is 9.63. The summed E-state index contributed by atoms with van der Waals surface area (Å²) in [5.74, 6) is 1.04. The first-order valence-electron chi connectivity index (χ1n) is 7.60. The predicted octanol–water partition coefficient (Wildman–Crippen LogP) is 3.52. The van der Waals surface area contributed by atoms with E-state index in [4.69, 9.17) is 4.74 Å². The van der Waals surface area contributed by atoms with Crippen molar-refractivity contribution in [3.05, 3.63) is 28.2 Å². The van der Waals surface area contributed by atoms with Crippen LogP contribution in [0.3, 0.4) is 0 Å². The van der Waals surface area contributed by atoms with Gasteiger partial charge in [0.2, 0.25) is 0 Å². The number of rotatable bonds is 3. The van der Waals surface area contributed by atoms with E-state index in [-0.39, 0.29) is 6.10 Å². The molecule has 3 atom stereocenters. The lowest BCUT2D eigenvalue weighted by Crippen LogP contribution is -2.54. The summed E-state index contributed by atoms with van der Waals surface area (Å²) in [5.41, 5.74) is 4.92. The molecule has 0 aliphatic carbocycles. The SMILES string of the molecule is CC1CCCC(C)N1NCC1Cc2cc(Br)ccc2O1. The Morgan fingerprint density at radius 2 is 2.05 bits per heavy atom. The zero-order valence-electron chi connectivity index (χ0n) is 12.2. The molecule has 3 unspecified atom stereocenters. The van der Waals surface area contributed by atoms with Crippen molar-refractivity contribution in [2.75, 3.05) is 6.54 Å². The van der Waals surface area contributed by atoms with Gasteiger partial charge in [0.1, 0.15) is 11.9 Å². The lowest BCUT2D eigenvalue weighted by atomic mass is 10.00. The number of halogens is 1. The average molecular weight is 339 g/mol. The van der Waals surface area contributed by atoms with E-state index in [9.17, 15) is 0 Å². The first kappa shape index (κ1) is 14.4. The molecule has 0 bridgehead atoms. The third-order valence-electron chi connectivity index (χ3n) is 4.46. The molecule has 3 rings (SSSR count). The van der Waals surface area contributed by atoms with Crippen LogP contribution >= 0.6 is 15.9 Å². The molecular formula is C16H23BrN2O. The number of fused-ring (bicyclic) bond motifs is 1. The second-order valence-corrected chi connectivity index (χ2v) is 7.01. The van der Waals surface area contributed by atoms with Crippen LogP contribution in [0.4, 0.5) is 0 Å². The van der Waals surface area contributed by atoms with Gasteiger partial charge in [-0.1, -0.05) is 22.4 Å². The smallest absolute Gasteiger partial charge is 0.123 e. The Hall–Kier alpha value is -0.580. The summed E-state index contributed by atoms with van der Waals surface area (Å²) in [5, 5.41) is 2.42. The normalized spacial score (nSPS) is 30.1. The largest absolute Gasteiger partial charge is 0.488 e. The van der Waals surface area contributed by atoms with Gasteiger partial charge in [-0.05, 0) is 50.5 Å². The number of hydrazine groups is 1. The van der Waals surface area contributed by atoms with E-state index in [1.165, 1.54) is 24.8 Å². The molecule has 0 spiro atoms. The number of nitrogens with zero attached hydrogens (tertiary/aromatic N) is 1. The number of hydrogen-bond acceptors (Lipinski definition) is 3. The van der Waals surface area contributed by atoms with Crippen LogP contribution in [0.25, 0.3) is 0 Å². The van der Waals surface area contributed by atoms with E-state index < -0.39 is 0 Å². The third kappa shape index (κ3) is 3.02. The Balaban J connectivity index is 1.55. The maximum atomic E-state index is 6.01. The van der Waals surface area contributed by atoms with Gasteiger partial charge >= 0.3 is 0 Å². The average Bonchev–Trinajstić information content (AvgIpc) is 2.80. The minimum Gasteiger partial charge on any atom is -0.488 e. The van der Waals surface area contributed by atoms with Crippen LogP contribution in [-0.4, -0.2) is 29.7 Å². The monoisotopic (exact) mass is 338 g/mol. The van der Waals surface area contributed by atoms with Crippen LogP contribution in [0.2, 0.25) is 0 Å². The molecule has 1 aromatic carbocycles. The van der Waals surface area contributed by atoms with Crippen LogP contribution < -0.4 is 10.2 Å². The molecule has 3 nitrogen and oxygen atoms in total. The summed E-state index contributed by atoms with van der Waals surface area (Å²) in [6.45, 7) is 5.51. The van der Waals surface area contributed by atoms with Gasteiger partial charge in [-0.15, -0.1) is 0 Å². The standard InChI is InChI=1S/C16H23BrN2O/c1-11-4-3-5-12(2)19(11)18-10-15-9-13-8-14(17)6-7-16(13)20-15/h6-8,11-12,15,18H,3-5,9-10H2,1-2H3. The number of piperidine rings is 1. The van der Waals surface area contributed by atoms with Crippen molar-refractivity contribution < 1.29 is 4.74 Å². The third-order valence-corrected chi connectivity index (χ3v) is 4.95. The Labute approximate surface area is 129 Å². The molecular weight excluding hydrogens is 316 g/mol. The molecule has 20 heavy (non-hydrogen) atoms. The molecule has 110 valence electrons. The summed E-state index contributed by atoms with van der Waals surface area (Å²) in [4.78, 5) is 0. The van der Waals surface area contributed by atoms with Crippen molar-refractivity contribution in [3.8, 4) is 5.75 Å². The summed E-state index contributed by atoms with van der Waals surface area (Å²) >= 11 is 3.52. The fourth-order valence-electron chi connectivity index (χ4n) is 3.34. The highest BCUT2D eigenvalue weighted by atomic mass is 79.9. The summed E-state index contributed by atoms with van der Waals surface area (Å²) < 4.78 is 7.14. The molecule has 0 saturated carbocycles. The second-order valence-electron chi connectivity index (χ2n) is 6.09. The summed E-state index contributed by atoms with van der Waals surface area (Å²) in [7, 11) is 0. The molecule has 1 saturated heterocycles. The van der Waals surface area contributed by atoms with Gasteiger partial charge in [0.05, 0.1) is 0 Å². The highest BCUT2D eigenvalue weighted by Gasteiger charge is 2.27. The number of hydrogen-bond donors (Lipinski definition) is 1. The molecule has 0 aromatic heterocycles. The van der Waals surface area contributed by atoms with Crippen molar-refractivity contribution >= 4 is 15.9 Å². The lowest BCUT2D eigenvalue weighted by molar-refractivity contribution is 0.0332. The maximum absolute atomic E-state index is 6.01. The zero-order chi connectivity index (χ0) is 14.1. The van der Waals surface area contributed by atoms with E-state index >= 15 is 0 Å². The molecule has 1 aromatic rings. The molecule has 2 aliphatic heterocycles. The first-order valence-corrected chi connectivity index (χ1v) is 8.39. The fourth-order valence-corrected chi connectivity index (χ4v) is 3.75. The second kappa shape index (κ2) is 6.04. The molecule has 4 heteroatoms. The van der Waals surface area contributed by atoms with Gasteiger partial charge in [0.25, 0.3) is 0 Å². The predicted molar refractivity (Wildman–Crippen MR) is 84.9 cm³/mol. The van der Waals surface area contributed by atoms with E-state index in [0.717, 1.165) is 23.2 Å². The minimum absolute atomic E-state index is 0.251. The van der Waals surface area contributed by atoms with Gasteiger partial charge < -0.3 is 4.74 Å². The zero-order valence-corrected chi connectivity index (χ0v) is 13.8. The minimum atomic E-state index is 0.251. The Morgan fingerprint density at radius 3 is 2.80 bits per heavy atom. The van der Waals surface area contributed by atoms with Crippen LogP contribution in [0.15, 0.2) is 22.7 Å². The van der Waals surface area contributed by atoms with Crippen molar-refractivity contribution in [3.63, 3.8) is 0 Å². The lowest BCUT2D eigenvalue weighted by Gasteiger charge is -2.39. The van der Waals surface area contributed by atoms with E-state index in [2.05, 4.69) is 52.3 Å². The van der Waals surface area contributed by atoms with Crippen LogP contribution in [-0.2, 0) is 6.42 Å². The van der Waals surface area contributed by atoms with E-state index in [1.807, 2.05) is 6.07 Å². The summed E-state index contributed by atoms with van der Waals surface area (Å²) in [6.07, 6.45) is 5.17. The molecule has 2 aliphatic rings. The topological polar surface area (TPSA) is 24.5 Å². The Morgan fingerprint density at radius 1 is 1.30 bits per heavy atom. The molecule has 2 heterocycles. The van der Waals surface area contributed by atoms with Gasteiger partial charge in [-0.25, -0.2) is 5.01 Å². The van der Waals surface area contributed by atoms with Gasteiger partial charge in [0, 0.05) is 29.5 Å². The molecule has 0 amide bonds. The fraction of sp³-hybridized carbons (Fsp3) is 0.625. The van der Waals surface area contributed by atoms with Crippen LogP contribution in [0.1, 0.15) is 38.7 Å². The Kier molecular flexibility index (Phi) is 4.34. The number of nitrogens with one attached hydrogen (secondary N) is 1. The van der Waals surface area contributed by atoms with E-state index in [0.29, 0.717) is 12.1 Å². The van der Waals surface area contributed by atoms with E-state index in [1.54, 1.807) is 0 Å². The number of benzene rings is 1. The molecule has 0 radical (unpaired) electrons. The van der Waals surface area contributed by atoms with Crippen LogP contribution in [0.5, 0.6) is 5.75 Å². The highest BCUT2D eigenvalue weighted by molar-refractivity contribution is 9.10. The molecule has 1 N–H and O–H groups in total. The van der Waals surface area contributed by atoms with Crippen molar-refractivity contribution in [2.24, 2.45) is 0 Å². The van der Waals surface area contributed by atoms with Gasteiger partial charge in [-0.3, -0.25) is 5.43 Å². The maximum Gasteiger partial charge on any atom is 0.123 e. The van der Waals surface area contributed by atoms with Gasteiger partial charge in [0.15, 0.2) is 0 Å². The van der Waals surface area contributed by atoms with Crippen LogP contribution in [0, 0.1) is 0 Å². The summed E-state index contributed by atoms with van der Waals surface area (Å²) in [6, 6.07) is 7.52. The number of ether oxygens (including phenoxy) is 1.